The molecule has 0 saturated heterocycles. The summed E-state index contributed by atoms with van der Waals surface area (Å²) in [7, 11) is 0. The Morgan fingerprint density at radius 1 is 1.60 bits per heavy atom. The molecule has 0 aromatic carbocycles. The van der Waals surface area contributed by atoms with Gasteiger partial charge >= 0.3 is 5.97 Å². The van der Waals surface area contributed by atoms with Gasteiger partial charge < -0.3 is 15.4 Å². The molecule has 4 N–H and O–H groups in total. The van der Waals surface area contributed by atoms with Crippen molar-refractivity contribution in [2.45, 2.75) is 6.92 Å². The number of nitrogens with one attached hydrogen (secondary N) is 1. The number of anilines is 1. The minimum absolute atomic E-state index is 0.0567. The molecule has 2 aromatic heterocycles. The number of aryl methyl sites for hydroxylation is 1. The Hall–Kier alpha value is -2.31. The molecule has 0 radical (unpaired) electrons. The molecule has 0 bridgehead atoms. The summed E-state index contributed by atoms with van der Waals surface area (Å²) in [6.07, 6.45) is 0. The normalized spacial score (nSPS) is 10.7. The van der Waals surface area contributed by atoms with Gasteiger partial charge in [-0.2, -0.15) is 0 Å². The Kier molecular flexibility index (Phi) is 1.75. The third-order valence-electron chi connectivity index (χ3n) is 2.14. The minimum Gasteiger partial charge on any atom is -0.477 e. The van der Waals surface area contributed by atoms with Crippen LogP contribution in [0.4, 0.5) is 5.82 Å². The lowest BCUT2D eigenvalue weighted by Gasteiger charge is -1.99. The predicted octanol–water partition coefficient (Wildman–Crippen LogP) is 0.105. The third kappa shape index (κ3) is 1.17. The van der Waals surface area contributed by atoms with Gasteiger partial charge in [0, 0.05) is 0 Å². The summed E-state index contributed by atoms with van der Waals surface area (Å²) in [6, 6.07) is 0. The van der Waals surface area contributed by atoms with Crippen molar-refractivity contribution >= 4 is 22.9 Å². The van der Waals surface area contributed by atoms with E-state index in [9.17, 15) is 9.59 Å². The molecule has 2 rings (SSSR count). The highest BCUT2D eigenvalue weighted by molar-refractivity contribution is 5.97. The number of carbonyl (C=O) groups is 1. The van der Waals surface area contributed by atoms with Crippen LogP contribution in [0.25, 0.3) is 11.1 Å². The molecular weight excluding hydrogens is 202 g/mol. The summed E-state index contributed by atoms with van der Waals surface area (Å²) in [5.41, 5.74) is 4.73. The molecule has 0 aliphatic heterocycles. The largest absolute Gasteiger partial charge is 0.477 e. The zero-order valence-electron chi connectivity index (χ0n) is 7.70. The first kappa shape index (κ1) is 9.25. The van der Waals surface area contributed by atoms with Crippen LogP contribution in [0.2, 0.25) is 0 Å². The SMILES string of the molecule is Cc1c(C(=O)O)c(=O)[nH]c2onc(N)c12. The lowest BCUT2D eigenvalue weighted by molar-refractivity contribution is 0.0694. The number of hydrogen-bond donors (Lipinski definition) is 3. The molecule has 2 heterocycles. The Morgan fingerprint density at radius 3 is 2.87 bits per heavy atom. The summed E-state index contributed by atoms with van der Waals surface area (Å²) < 4.78 is 4.72. The van der Waals surface area contributed by atoms with E-state index in [1.165, 1.54) is 6.92 Å². The van der Waals surface area contributed by atoms with Crippen LogP contribution < -0.4 is 11.3 Å². The van der Waals surface area contributed by atoms with E-state index in [1.807, 2.05) is 0 Å². The van der Waals surface area contributed by atoms with Crippen LogP contribution in [0.5, 0.6) is 0 Å². The number of carboxylic acids is 1. The van der Waals surface area contributed by atoms with Crippen LogP contribution in [-0.2, 0) is 0 Å². The fourth-order valence-electron chi connectivity index (χ4n) is 1.47. The monoisotopic (exact) mass is 209 g/mol. The Labute approximate surface area is 82.5 Å². The maximum atomic E-state index is 11.3. The van der Waals surface area contributed by atoms with Crippen molar-refractivity contribution in [2.75, 3.05) is 5.73 Å². The smallest absolute Gasteiger partial charge is 0.341 e. The van der Waals surface area contributed by atoms with Crippen molar-refractivity contribution in [3.8, 4) is 0 Å². The van der Waals surface area contributed by atoms with Gasteiger partial charge in [-0.25, -0.2) is 4.79 Å². The van der Waals surface area contributed by atoms with Crippen LogP contribution in [0.1, 0.15) is 15.9 Å². The van der Waals surface area contributed by atoms with E-state index in [1.54, 1.807) is 0 Å². The Bertz CT molecular complexity index is 610. The van der Waals surface area contributed by atoms with E-state index in [0.717, 1.165) is 0 Å². The Morgan fingerprint density at radius 2 is 2.27 bits per heavy atom. The number of nitrogens with zero attached hydrogens (tertiary/aromatic N) is 1. The van der Waals surface area contributed by atoms with Gasteiger partial charge in [0.25, 0.3) is 5.56 Å². The van der Waals surface area contributed by atoms with Gasteiger partial charge in [-0.3, -0.25) is 9.78 Å². The van der Waals surface area contributed by atoms with Crippen molar-refractivity contribution in [1.29, 1.82) is 0 Å². The van der Waals surface area contributed by atoms with Gasteiger partial charge in [-0.05, 0) is 12.5 Å². The zero-order chi connectivity index (χ0) is 11.2. The van der Waals surface area contributed by atoms with Crippen molar-refractivity contribution in [1.82, 2.24) is 10.1 Å². The van der Waals surface area contributed by atoms with E-state index in [-0.39, 0.29) is 22.7 Å². The molecular formula is C8H7N3O4. The number of carboxylic acid groups (broad SMARTS) is 1. The standard InChI is InChI=1S/C8H7N3O4/c1-2-3-5(9)11-15-7(3)10-6(12)4(2)8(13)14/h1H3,(H2,9,11)(H,10,12)(H,13,14). The molecule has 78 valence electrons. The van der Waals surface area contributed by atoms with Gasteiger partial charge in [0.2, 0.25) is 5.71 Å². The van der Waals surface area contributed by atoms with E-state index in [4.69, 9.17) is 15.4 Å². The van der Waals surface area contributed by atoms with Crippen molar-refractivity contribution in [3.63, 3.8) is 0 Å². The molecule has 0 aliphatic rings. The fraction of sp³-hybridized carbons (Fsp3) is 0.125. The van der Waals surface area contributed by atoms with E-state index >= 15 is 0 Å². The number of H-pyrrole nitrogens is 1. The Balaban J connectivity index is 3.00. The number of nitrogen functional groups attached to an aromatic ring is 1. The highest BCUT2D eigenvalue weighted by Gasteiger charge is 2.19. The maximum absolute atomic E-state index is 11.3. The van der Waals surface area contributed by atoms with E-state index in [2.05, 4.69) is 10.1 Å². The van der Waals surface area contributed by atoms with Gasteiger partial charge in [0.15, 0.2) is 5.82 Å². The summed E-state index contributed by atoms with van der Waals surface area (Å²) in [5, 5.41) is 12.6. The summed E-state index contributed by atoms with van der Waals surface area (Å²) >= 11 is 0. The molecule has 15 heavy (non-hydrogen) atoms. The van der Waals surface area contributed by atoms with Crippen molar-refractivity contribution in [2.24, 2.45) is 0 Å². The average molecular weight is 209 g/mol. The zero-order valence-corrected chi connectivity index (χ0v) is 7.70. The van der Waals surface area contributed by atoms with Gasteiger partial charge in [0.1, 0.15) is 5.56 Å². The highest BCUT2D eigenvalue weighted by atomic mass is 16.5. The number of nitrogens with two attached hydrogens (primary N) is 1. The maximum Gasteiger partial charge on any atom is 0.341 e. The van der Waals surface area contributed by atoms with Crippen molar-refractivity contribution < 1.29 is 14.4 Å². The first-order chi connectivity index (χ1) is 7.02. The summed E-state index contributed by atoms with van der Waals surface area (Å²) in [5.74, 6) is -1.25. The molecule has 0 unspecified atom stereocenters. The molecule has 0 saturated carbocycles. The van der Waals surface area contributed by atoms with E-state index < -0.39 is 11.5 Å². The first-order valence-electron chi connectivity index (χ1n) is 4.03. The number of aromatic carboxylic acids is 1. The lowest BCUT2D eigenvalue weighted by Crippen LogP contribution is -2.19. The number of hydrogen-bond acceptors (Lipinski definition) is 5. The summed E-state index contributed by atoms with van der Waals surface area (Å²) in [6.45, 7) is 1.48. The highest BCUT2D eigenvalue weighted by Crippen LogP contribution is 2.22. The van der Waals surface area contributed by atoms with Crippen LogP contribution in [0.3, 0.4) is 0 Å². The summed E-state index contributed by atoms with van der Waals surface area (Å²) in [4.78, 5) is 24.4. The van der Waals surface area contributed by atoms with Crippen LogP contribution in [-0.4, -0.2) is 21.2 Å². The molecule has 2 aromatic rings. The molecule has 0 fully saturated rings. The topological polar surface area (TPSA) is 122 Å². The number of fused-ring (bicyclic) bond motifs is 1. The predicted molar refractivity (Wildman–Crippen MR) is 50.7 cm³/mol. The second kappa shape index (κ2) is 2.84. The van der Waals surface area contributed by atoms with Gasteiger partial charge in [-0.1, -0.05) is 5.16 Å². The number of aromatic nitrogens is 2. The van der Waals surface area contributed by atoms with Crippen LogP contribution in [0, 0.1) is 6.92 Å². The second-order valence-corrected chi connectivity index (χ2v) is 3.03. The first-order valence-corrected chi connectivity index (χ1v) is 4.03. The molecule has 0 spiro atoms. The molecule has 0 aliphatic carbocycles. The quantitative estimate of drug-likeness (QED) is 0.612. The van der Waals surface area contributed by atoms with Gasteiger partial charge in [-0.15, -0.1) is 0 Å². The third-order valence-corrected chi connectivity index (χ3v) is 2.14. The molecule has 7 heteroatoms. The van der Waals surface area contributed by atoms with Crippen LogP contribution in [0.15, 0.2) is 9.32 Å². The fourth-order valence-corrected chi connectivity index (χ4v) is 1.47. The number of pyridine rings is 1. The second-order valence-electron chi connectivity index (χ2n) is 3.03. The van der Waals surface area contributed by atoms with Gasteiger partial charge in [0.05, 0.1) is 5.39 Å². The minimum atomic E-state index is -1.31. The average Bonchev–Trinajstić information content (AvgIpc) is 2.46. The lowest BCUT2D eigenvalue weighted by atomic mass is 10.1. The number of aromatic amines is 1. The molecule has 7 nitrogen and oxygen atoms in total. The molecule has 0 amide bonds. The van der Waals surface area contributed by atoms with E-state index in [0.29, 0.717) is 5.39 Å². The van der Waals surface area contributed by atoms with Crippen molar-refractivity contribution in [3.05, 3.63) is 21.5 Å². The molecule has 0 atom stereocenters. The van der Waals surface area contributed by atoms with Crippen LogP contribution >= 0.6 is 0 Å². The number of rotatable bonds is 1.